The molecule has 0 aromatic heterocycles. The van der Waals surface area contributed by atoms with Gasteiger partial charge in [-0.1, -0.05) is 39.0 Å². The number of amides is 1. The third-order valence-electron chi connectivity index (χ3n) is 6.20. The smallest absolute Gasteiger partial charge is 0.227 e. The third-order valence-corrected chi connectivity index (χ3v) is 6.20. The fraction of sp³-hybridized carbons (Fsp3) is 0.385. The van der Waals surface area contributed by atoms with Gasteiger partial charge in [0.05, 0.1) is 31.6 Å². The Morgan fingerprint density at radius 3 is 2.50 bits per heavy atom. The molecule has 0 spiro atoms. The van der Waals surface area contributed by atoms with E-state index >= 15 is 0 Å². The maximum absolute atomic E-state index is 13.6. The van der Waals surface area contributed by atoms with Crippen molar-refractivity contribution in [1.82, 2.24) is 0 Å². The number of fused-ring (bicyclic) bond motifs is 1. The van der Waals surface area contributed by atoms with Crippen LogP contribution in [0.4, 0.5) is 11.4 Å². The van der Waals surface area contributed by atoms with Crippen LogP contribution in [0, 0.1) is 5.41 Å². The number of methoxy groups -OCH3 is 2. The Labute approximate surface area is 189 Å². The van der Waals surface area contributed by atoms with Crippen molar-refractivity contribution in [1.29, 1.82) is 0 Å². The average Bonchev–Trinajstić information content (AvgIpc) is 2.91. The summed E-state index contributed by atoms with van der Waals surface area (Å²) in [5.41, 5.74) is 3.77. The van der Waals surface area contributed by atoms with E-state index in [0.29, 0.717) is 29.9 Å². The van der Waals surface area contributed by atoms with Crippen molar-refractivity contribution in [2.24, 2.45) is 5.41 Å². The molecule has 0 saturated carbocycles. The van der Waals surface area contributed by atoms with Gasteiger partial charge < -0.3 is 14.8 Å². The Morgan fingerprint density at radius 2 is 1.81 bits per heavy atom. The first-order valence-electron chi connectivity index (χ1n) is 11.0. The van der Waals surface area contributed by atoms with E-state index in [4.69, 9.17) is 9.47 Å². The van der Waals surface area contributed by atoms with Gasteiger partial charge in [-0.2, -0.15) is 0 Å². The van der Waals surface area contributed by atoms with Gasteiger partial charge in [-0.25, -0.2) is 0 Å². The van der Waals surface area contributed by atoms with E-state index < -0.39 is 6.04 Å². The van der Waals surface area contributed by atoms with E-state index in [0.717, 1.165) is 29.1 Å². The lowest BCUT2D eigenvalue weighted by atomic mass is 9.73. The summed E-state index contributed by atoms with van der Waals surface area (Å²) in [5.74, 6) is 1.17. The molecule has 1 atom stereocenters. The van der Waals surface area contributed by atoms with Crippen LogP contribution in [0.5, 0.6) is 11.5 Å². The SMILES string of the molecule is CCC(=O)N1c2ccccc2NC2=C(C(=O)CC(C)(C)C2)C1c1ccc(OC)c(OC)c1. The van der Waals surface area contributed by atoms with Crippen molar-refractivity contribution in [2.75, 3.05) is 24.4 Å². The molecule has 2 aromatic carbocycles. The van der Waals surface area contributed by atoms with E-state index in [1.165, 1.54) is 0 Å². The maximum atomic E-state index is 13.6. The summed E-state index contributed by atoms with van der Waals surface area (Å²) < 4.78 is 11.0. The first-order valence-corrected chi connectivity index (χ1v) is 11.0. The highest BCUT2D eigenvalue weighted by atomic mass is 16.5. The van der Waals surface area contributed by atoms with Crippen molar-refractivity contribution in [3.8, 4) is 11.5 Å². The van der Waals surface area contributed by atoms with Crippen LogP contribution < -0.4 is 19.7 Å². The van der Waals surface area contributed by atoms with Crippen LogP contribution in [0.15, 0.2) is 53.7 Å². The van der Waals surface area contributed by atoms with E-state index in [2.05, 4.69) is 19.2 Å². The molecule has 1 N–H and O–H groups in total. The number of ketones is 1. The predicted octanol–water partition coefficient (Wildman–Crippen LogP) is 5.26. The molecule has 168 valence electrons. The monoisotopic (exact) mass is 434 g/mol. The lowest BCUT2D eigenvalue weighted by Crippen LogP contribution is -2.39. The largest absolute Gasteiger partial charge is 0.493 e. The number of anilines is 2. The van der Waals surface area contributed by atoms with Crippen LogP contribution in [0.25, 0.3) is 0 Å². The number of hydrogen-bond donors (Lipinski definition) is 1. The molecule has 6 nitrogen and oxygen atoms in total. The number of carbonyl (C=O) groups is 2. The number of hydrogen-bond acceptors (Lipinski definition) is 5. The van der Waals surface area contributed by atoms with E-state index in [-0.39, 0.29) is 17.1 Å². The Balaban J connectivity index is 2.01. The molecule has 0 bridgehead atoms. The minimum atomic E-state index is -0.558. The number of nitrogens with one attached hydrogen (secondary N) is 1. The predicted molar refractivity (Wildman–Crippen MR) is 125 cm³/mol. The van der Waals surface area contributed by atoms with E-state index in [1.54, 1.807) is 19.1 Å². The molecule has 1 amide bonds. The van der Waals surface area contributed by atoms with Gasteiger partial charge in [-0.3, -0.25) is 14.5 Å². The van der Waals surface area contributed by atoms with Crippen molar-refractivity contribution >= 4 is 23.1 Å². The van der Waals surface area contributed by atoms with Crippen LogP contribution in [0.1, 0.15) is 51.6 Å². The van der Waals surface area contributed by atoms with Crippen LogP contribution in [0.2, 0.25) is 0 Å². The highest BCUT2D eigenvalue weighted by Gasteiger charge is 2.43. The lowest BCUT2D eigenvalue weighted by molar-refractivity contribution is -0.119. The summed E-state index contributed by atoms with van der Waals surface area (Å²) in [7, 11) is 3.17. The Hall–Kier alpha value is -3.28. The zero-order valence-corrected chi connectivity index (χ0v) is 19.3. The second-order valence-electron chi connectivity index (χ2n) is 9.11. The Bertz CT molecular complexity index is 1100. The molecule has 0 saturated heterocycles. The van der Waals surface area contributed by atoms with Gasteiger partial charge in [0.1, 0.15) is 0 Å². The van der Waals surface area contributed by atoms with Gasteiger partial charge in [0.15, 0.2) is 17.3 Å². The third kappa shape index (κ3) is 3.74. The number of Topliss-reactive ketones (excluding diaryl/α,β-unsaturated/α-hetero) is 1. The van der Waals surface area contributed by atoms with Crippen LogP contribution in [-0.4, -0.2) is 25.9 Å². The number of ether oxygens (including phenoxy) is 2. The van der Waals surface area contributed by atoms with Crippen LogP contribution in [-0.2, 0) is 9.59 Å². The highest BCUT2D eigenvalue weighted by Crippen LogP contribution is 2.49. The first kappa shape index (κ1) is 21.9. The van der Waals surface area contributed by atoms with Crippen molar-refractivity contribution < 1.29 is 19.1 Å². The van der Waals surface area contributed by atoms with Crippen molar-refractivity contribution in [2.45, 2.75) is 46.1 Å². The number of para-hydroxylation sites is 2. The summed E-state index contributed by atoms with van der Waals surface area (Å²) in [5, 5.41) is 3.52. The van der Waals surface area contributed by atoms with Crippen molar-refractivity contribution in [3.05, 3.63) is 59.3 Å². The number of benzene rings is 2. The minimum Gasteiger partial charge on any atom is -0.493 e. The molecule has 6 heteroatoms. The summed E-state index contributed by atoms with van der Waals surface area (Å²) in [6, 6.07) is 12.8. The van der Waals surface area contributed by atoms with Gasteiger partial charge in [-0.05, 0) is 41.7 Å². The number of rotatable bonds is 4. The molecule has 32 heavy (non-hydrogen) atoms. The zero-order chi connectivity index (χ0) is 23.0. The minimum absolute atomic E-state index is 0.0505. The number of carbonyl (C=O) groups excluding carboxylic acids is 2. The normalized spacial score (nSPS) is 19.5. The number of allylic oxidation sites excluding steroid dienone is 1. The van der Waals surface area contributed by atoms with Gasteiger partial charge >= 0.3 is 0 Å². The second-order valence-corrected chi connectivity index (χ2v) is 9.11. The lowest BCUT2D eigenvalue weighted by Gasteiger charge is -2.37. The molecule has 0 fully saturated rings. The molecular weight excluding hydrogens is 404 g/mol. The molecular formula is C26H30N2O4. The maximum Gasteiger partial charge on any atom is 0.227 e. The molecule has 2 aliphatic rings. The average molecular weight is 435 g/mol. The molecule has 1 aliphatic carbocycles. The van der Waals surface area contributed by atoms with Gasteiger partial charge in [-0.15, -0.1) is 0 Å². The topological polar surface area (TPSA) is 67.9 Å². The summed E-state index contributed by atoms with van der Waals surface area (Å²) in [4.78, 5) is 28.7. The van der Waals surface area contributed by atoms with Crippen LogP contribution in [0.3, 0.4) is 0 Å². The zero-order valence-electron chi connectivity index (χ0n) is 19.3. The van der Waals surface area contributed by atoms with Crippen molar-refractivity contribution in [3.63, 3.8) is 0 Å². The fourth-order valence-electron chi connectivity index (χ4n) is 4.77. The molecule has 1 heterocycles. The molecule has 2 aromatic rings. The van der Waals surface area contributed by atoms with Crippen LogP contribution >= 0.6 is 0 Å². The molecule has 1 aliphatic heterocycles. The van der Waals surface area contributed by atoms with E-state index in [9.17, 15) is 9.59 Å². The summed E-state index contributed by atoms with van der Waals surface area (Å²) in [6.07, 6.45) is 1.47. The molecule has 1 unspecified atom stereocenters. The second kappa shape index (κ2) is 8.34. The molecule has 0 radical (unpaired) electrons. The Morgan fingerprint density at radius 1 is 1.09 bits per heavy atom. The standard InChI is InChI=1S/C26H30N2O4/c1-6-23(30)28-19-10-8-7-9-17(19)27-18-14-26(2,3)15-20(29)24(18)25(28)16-11-12-21(31-4)22(13-16)32-5/h7-13,25,27H,6,14-15H2,1-5H3. The fourth-order valence-corrected chi connectivity index (χ4v) is 4.77. The summed E-state index contributed by atoms with van der Waals surface area (Å²) in [6.45, 7) is 6.05. The Kier molecular flexibility index (Phi) is 5.71. The highest BCUT2D eigenvalue weighted by molar-refractivity contribution is 6.06. The van der Waals surface area contributed by atoms with Gasteiger partial charge in [0.25, 0.3) is 0 Å². The summed E-state index contributed by atoms with van der Waals surface area (Å²) >= 11 is 0. The first-order chi connectivity index (χ1) is 15.3. The molecule has 4 rings (SSSR count). The quantitative estimate of drug-likeness (QED) is 0.711. The van der Waals surface area contributed by atoms with E-state index in [1.807, 2.05) is 49.4 Å². The van der Waals surface area contributed by atoms with Gasteiger partial charge in [0, 0.05) is 24.1 Å². The van der Waals surface area contributed by atoms with Gasteiger partial charge in [0.2, 0.25) is 5.91 Å². The number of nitrogens with zero attached hydrogens (tertiary/aromatic N) is 1.